The van der Waals surface area contributed by atoms with E-state index in [0.717, 1.165) is 5.56 Å². The largest absolute Gasteiger partial charge is 0.481 e. The Morgan fingerprint density at radius 1 is 1.35 bits per heavy atom. The Bertz CT molecular complexity index is 526. The van der Waals surface area contributed by atoms with Gasteiger partial charge in [0.15, 0.2) is 0 Å². The fourth-order valence-corrected chi connectivity index (χ4v) is 2.50. The average Bonchev–Trinajstić information content (AvgIpc) is 2.67. The van der Waals surface area contributed by atoms with Crippen molar-refractivity contribution in [3.8, 4) is 0 Å². The van der Waals surface area contributed by atoms with Gasteiger partial charge in [0.1, 0.15) is 0 Å². The fourth-order valence-electron chi connectivity index (χ4n) is 2.50. The number of nitrogens with zero attached hydrogens (tertiary/aromatic N) is 1. The molecule has 0 spiro atoms. The maximum atomic E-state index is 12.3. The summed E-state index contributed by atoms with van der Waals surface area (Å²) >= 11 is 0. The molecular weight excluding hydrogens is 258 g/mol. The first-order valence-corrected chi connectivity index (χ1v) is 6.60. The number of aliphatic carboxylic acids is 1. The lowest BCUT2D eigenvalue weighted by Gasteiger charge is -2.18. The summed E-state index contributed by atoms with van der Waals surface area (Å²) < 4.78 is 0. The monoisotopic (exact) mass is 275 g/mol. The number of benzene rings is 1. The summed E-state index contributed by atoms with van der Waals surface area (Å²) in [5, 5.41) is 8.73. The van der Waals surface area contributed by atoms with E-state index in [9.17, 15) is 14.4 Å². The molecular formula is C15H17NO4. The van der Waals surface area contributed by atoms with Crippen LogP contribution in [0, 0.1) is 5.92 Å². The van der Waals surface area contributed by atoms with E-state index in [-0.39, 0.29) is 37.1 Å². The number of carboxylic acid groups (broad SMARTS) is 1. The molecule has 0 bridgehead atoms. The van der Waals surface area contributed by atoms with Gasteiger partial charge in [-0.05, 0) is 11.5 Å². The van der Waals surface area contributed by atoms with E-state index in [4.69, 9.17) is 5.11 Å². The van der Waals surface area contributed by atoms with Crippen molar-refractivity contribution in [2.75, 3.05) is 6.54 Å². The maximum absolute atomic E-state index is 12.3. The number of carbonyl (C=O) groups excluding carboxylic acids is 2. The van der Waals surface area contributed by atoms with Crippen LogP contribution < -0.4 is 0 Å². The lowest BCUT2D eigenvalue weighted by atomic mass is 9.98. The van der Waals surface area contributed by atoms with Crippen LogP contribution in [0.4, 0.5) is 0 Å². The summed E-state index contributed by atoms with van der Waals surface area (Å²) in [7, 11) is 0. The van der Waals surface area contributed by atoms with Crippen LogP contribution >= 0.6 is 0 Å². The molecule has 106 valence electrons. The zero-order chi connectivity index (χ0) is 14.7. The molecule has 1 N–H and O–H groups in total. The number of amides is 2. The SMILES string of the molecule is CC(CC(=O)O)CN1C(=O)CC(c2ccccc2)C1=O. The zero-order valence-electron chi connectivity index (χ0n) is 11.3. The molecule has 1 aromatic rings. The molecule has 5 nitrogen and oxygen atoms in total. The number of likely N-dealkylation sites (tertiary alicyclic amines) is 1. The van der Waals surface area contributed by atoms with E-state index in [1.165, 1.54) is 4.90 Å². The van der Waals surface area contributed by atoms with Crippen LogP contribution in [-0.2, 0) is 14.4 Å². The number of carboxylic acids is 1. The fraction of sp³-hybridized carbons (Fsp3) is 0.400. The molecule has 1 aromatic carbocycles. The van der Waals surface area contributed by atoms with Gasteiger partial charge in [0, 0.05) is 19.4 Å². The van der Waals surface area contributed by atoms with Gasteiger partial charge in [-0.2, -0.15) is 0 Å². The molecule has 0 radical (unpaired) electrons. The number of imide groups is 1. The van der Waals surface area contributed by atoms with Gasteiger partial charge in [0.25, 0.3) is 0 Å². The summed E-state index contributed by atoms with van der Waals surface area (Å²) in [5.74, 6) is -2.04. The van der Waals surface area contributed by atoms with Gasteiger partial charge in [-0.3, -0.25) is 19.3 Å². The topological polar surface area (TPSA) is 74.7 Å². The molecule has 20 heavy (non-hydrogen) atoms. The Hall–Kier alpha value is -2.17. The molecule has 1 aliphatic rings. The third-order valence-electron chi connectivity index (χ3n) is 3.46. The van der Waals surface area contributed by atoms with Crippen molar-refractivity contribution in [1.82, 2.24) is 4.90 Å². The Kier molecular flexibility index (Phi) is 4.17. The average molecular weight is 275 g/mol. The van der Waals surface area contributed by atoms with Crippen LogP contribution in [0.1, 0.15) is 31.2 Å². The second-order valence-electron chi connectivity index (χ2n) is 5.21. The van der Waals surface area contributed by atoms with Crippen molar-refractivity contribution in [2.45, 2.75) is 25.7 Å². The van der Waals surface area contributed by atoms with Crippen LogP contribution in [0.2, 0.25) is 0 Å². The second-order valence-corrected chi connectivity index (χ2v) is 5.21. The summed E-state index contributed by atoms with van der Waals surface area (Å²) in [4.78, 5) is 36.1. The smallest absolute Gasteiger partial charge is 0.303 e. The minimum atomic E-state index is -0.920. The van der Waals surface area contributed by atoms with Crippen molar-refractivity contribution in [2.24, 2.45) is 5.92 Å². The predicted molar refractivity (Wildman–Crippen MR) is 71.9 cm³/mol. The normalized spacial score (nSPS) is 20.2. The first-order valence-electron chi connectivity index (χ1n) is 6.60. The number of carbonyl (C=O) groups is 3. The summed E-state index contributed by atoms with van der Waals surface area (Å²) in [6, 6.07) is 9.20. The Morgan fingerprint density at radius 3 is 2.60 bits per heavy atom. The van der Waals surface area contributed by atoms with E-state index in [0.29, 0.717) is 0 Å². The van der Waals surface area contributed by atoms with Gasteiger partial charge in [0.2, 0.25) is 11.8 Å². The highest BCUT2D eigenvalue weighted by atomic mass is 16.4. The van der Waals surface area contributed by atoms with Gasteiger partial charge in [0.05, 0.1) is 5.92 Å². The number of rotatable bonds is 5. The molecule has 1 saturated heterocycles. The molecule has 1 heterocycles. The minimum absolute atomic E-state index is 0.0485. The maximum Gasteiger partial charge on any atom is 0.303 e. The van der Waals surface area contributed by atoms with Crippen molar-refractivity contribution >= 4 is 17.8 Å². The molecule has 1 aliphatic heterocycles. The van der Waals surface area contributed by atoms with E-state index in [2.05, 4.69) is 0 Å². The van der Waals surface area contributed by atoms with Crippen LogP contribution in [0.15, 0.2) is 30.3 Å². The zero-order valence-corrected chi connectivity index (χ0v) is 11.3. The van der Waals surface area contributed by atoms with Crippen LogP contribution in [0.3, 0.4) is 0 Å². The molecule has 0 saturated carbocycles. The van der Waals surface area contributed by atoms with Crippen LogP contribution in [0.5, 0.6) is 0 Å². The van der Waals surface area contributed by atoms with Crippen molar-refractivity contribution in [1.29, 1.82) is 0 Å². The standard InChI is InChI=1S/C15H17NO4/c1-10(7-14(18)19)9-16-13(17)8-12(15(16)20)11-5-3-2-4-6-11/h2-6,10,12H,7-9H2,1H3,(H,18,19). The van der Waals surface area contributed by atoms with E-state index >= 15 is 0 Å². The van der Waals surface area contributed by atoms with Gasteiger partial charge >= 0.3 is 5.97 Å². The third-order valence-corrected chi connectivity index (χ3v) is 3.46. The van der Waals surface area contributed by atoms with E-state index in [1.54, 1.807) is 6.92 Å². The Labute approximate surface area is 117 Å². The highest BCUT2D eigenvalue weighted by Gasteiger charge is 2.39. The lowest BCUT2D eigenvalue weighted by Crippen LogP contribution is -2.34. The summed E-state index contributed by atoms with van der Waals surface area (Å²) in [6.07, 6.45) is 0.121. The first kappa shape index (κ1) is 14.2. The van der Waals surface area contributed by atoms with Gasteiger partial charge < -0.3 is 5.11 Å². The van der Waals surface area contributed by atoms with Crippen molar-refractivity contribution in [3.63, 3.8) is 0 Å². The van der Waals surface area contributed by atoms with Gasteiger partial charge in [-0.15, -0.1) is 0 Å². The quantitative estimate of drug-likeness (QED) is 0.829. The van der Waals surface area contributed by atoms with Crippen molar-refractivity contribution in [3.05, 3.63) is 35.9 Å². The second kappa shape index (κ2) is 5.86. The molecule has 5 heteroatoms. The third kappa shape index (κ3) is 3.04. The Balaban J connectivity index is 2.08. The molecule has 1 fully saturated rings. The molecule has 2 atom stereocenters. The molecule has 2 rings (SSSR count). The predicted octanol–water partition coefficient (Wildman–Crippen LogP) is 1.64. The van der Waals surface area contributed by atoms with Crippen molar-refractivity contribution < 1.29 is 19.5 Å². The van der Waals surface area contributed by atoms with Gasteiger partial charge in [-0.1, -0.05) is 37.3 Å². The van der Waals surface area contributed by atoms with Crippen LogP contribution in [0.25, 0.3) is 0 Å². The summed E-state index contributed by atoms with van der Waals surface area (Å²) in [6.45, 7) is 1.90. The molecule has 2 amide bonds. The summed E-state index contributed by atoms with van der Waals surface area (Å²) in [5.41, 5.74) is 0.833. The number of hydrogen-bond acceptors (Lipinski definition) is 3. The minimum Gasteiger partial charge on any atom is -0.481 e. The lowest BCUT2D eigenvalue weighted by molar-refractivity contribution is -0.142. The van der Waals surface area contributed by atoms with E-state index < -0.39 is 11.9 Å². The van der Waals surface area contributed by atoms with Gasteiger partial charge in [-0.25, -0.2) is 0 Å². The Morgan fingerprint density at radius 2 is 2.00 bits per heavy atom. The molecule has 0 aromatic heterocycles. The molecule has 0 aliphatic carbocycles. The molecule has 2 unspecified atom stereocenters. The van der Waals surface area contributed by atoms with Crippen LogP contribution in [-0.4, -0.2) is 34.3 Å². The first-order chi connectivity index (χ1) is 9.49. The highest BCUT2D eigenvalue weighted by Crippen LogP contribution is 2.30. The highest BCUT2D eigenvalue weighted by molar-refractivity contribution is 6.06. The van der Waals surface area contributed by atoms with E-state index in [1.807, 2.05) is 30.3 Å². The number of hydrogen-bond donors (Lipinski definition) is 1.